The van der Waals surface area contributed by atoms with Crippen LogP contribution in [0.3, 0.4) is 0 Å². The van der Waals surface area contributed by atoms with Crippen LogP contribution in [0.25, 0.3) is 0 Å². The molecule has 0 fully saturated rings. The fourth-order valence-corrected chi connectivity index (χ4v) is 2.59. The number of ether oxygens (including phenoxy) is 1. The molecule has 0 bridgehead atoms. The van der Waals surface area contributed by atoms with E-state index in [2.05, 4.69) is 68.4 Å². The number of hydrazine groups is 2. The molecule has 0 saturated carbocycles. The second-order valence-electron chi connectivity index (χ2n) is 6.04. The van der Waals surface area contributed by atoms with Gasteiger partial charge in [0.1, 0.15) is 0 Å². The summed E-state index contributed by atoms with van der Waals surface area (Å²) in [6, 6.07) is 4.45. The molecule has 0 atom stereocenters. The molecule has 4 heteroatoms. The van der Waals surface area contributed by atoms with Crippen LogP contribution in [0.2, 0.25) is 0 Å². The monoisotopic (exact) mass is 325 g/mol. The lowest BCUT2D eigenvalue weighted by molar-refractivity contribution is 0.285. The number of nitrogens with one attached hydrogen (secondary N) is 3. The van der Waals surface area contributed by atoms with Gasteiger partial charge >= 0.3 is 0 Å². The molecule has 0 spiro atoms. The second kappa shape index (κ2) is 8.41. The van der Waals surface area contributed by atoms with Gasteiger partial charge < -0.3 is 15.6 Å². The molecular formula is C20H27N3O. The van der Waals surface area contributed by atoms with Gasteiger partial charge in [0.05, 0.1) is 18.6 Å². The Kier molecular flexibility index (Phi) is 6.27. The molecule has 128 valence electrons. The van der Waals surface area contributed by atoms with E-state index in [9.17, 15) is 0 Å². The Hall–Kier alpha value is -2.46. The molecule has 3 N–H and O–H groups in total. The van der Waals surface area contributed by atoms with E-state index in [4.69, 9.17) is 4.74 Å². The quantitative estimate of drug-likeness (QED) is 0.774. The maximum Gasteiger partial charge on any atom is 0.0993 e. The van der Waals surface area contributed by atoms with Crippen molar-refractivity contribution in [1.29, 1.82) is 0 Å². The van der Waals surface area contributed by atoms with Crippen LogP contribution in [-0.2, 0) is 4.74 Å². The van der Waals surface area contributed by atoms with E-state index in [0.717, 1.165) is 23.5 Å². The van der Waals surface area contributed by atoms with E-state index >= 15 is 0 Å². The van der Waals surface area contributed by atoms with Crippen molar-refractivity contribution >= 4 is 0 Å². The fraction of sp³-hybridized carbons (Fsp3) is 0.300. The van der Waals surface area contributed by atoms with Gasteiger partial charge in [-0.15, -0.1) is 0 Å². The minimum Gasteiger partial charge on any atom is -0.501 e. The molecule has 1 aromatic rings. The van der Waals surface area contributed by atoms with Crippen molar-refractivity contribution < 1.29 is 4.74 Å². The summed E-state index contributed by atoms with van der Waals surface area (Å²) in [5, 5.41) is 0. The Balaban J connectivity index is 0.000000185. The highest BCUT2D eigenvalue weighted by Gasteiger charge is 2.07. The number of aryl methyl sites for hydroxylation is 3. The summed E-state index contributed by atoms with van der Waals surface area (Å²) >= 11 is 0. The van der Waals surface area contributed by atoms with E-state index in [1.807, 2.05) is 18.4 Å². The van der Waals surface area contributed by atoms with Gasteiger partial charge in [-0.25, -0.2) is 0 Å². The highest BCUT2D eigenvalue weighted by molar-refractivity contribution is 5.43. The summed E-state index contributed by atoms with van der Waals surface area (Å²) in [4.78, 5) is 0. The zero-order valence-corrected chi connectivity index (χ0v) is 15.2. The van der Waals surface area contributed by atoms with Crippen LogP contribution in [0.15, 0.2) is 59.7 Å². The Bertz CT molecular complexity index is 689. The zero-order chi connectivity index (χ0) is 17.5. The van der Waals surface area contributed by atoms with Crippen molar-refractivity contribution in [3.8, 4) is 0 Å². The molecular weight excluding hydrogens is 298 g/mol. The molecule has 1 aliphatic heterocycles. The molecule has 0 aromatic heterocycles. The fourth-order valence-electron chi connectivity index (χ4n) is 2.59. The van der Waals surface area contributed by atoms with Crippen molar-refractivity contribution in [2.45, 2.75) is 34.1 Å². The van der Waals surface area contributed by atoms with Crippen molar-refractivity contribution in [3.63, 3.8) is 0 Å². The molecule has 0 amide bonds. The number of methoxy groups -OCH3 is 1. The van der Waals surface area contributed by atoms with Crippen LogP contribution in [0.5, 0.6) is 0 Å². The maximum atomic E-state index is 5.18. The normalized spacial score (nSPS) is 15.8. The third-order valence-corrected chi connectivity index (χ3v) is 4.20. The van der Waals surface area contributed by atoms with Gasteiger partial charge in [-0.3, -0.25) is 0 Å². The van der Waals surface area contributed by atoms with Crippen molar-refractivity contribution in [1.82, 2.24) is 16.4 Å². The van der Waals surface area contributed by atoms with Crippen molar-refractivity contribution in [2.75, 3.05) is 7.11 Å². The van der Waals surface area contributed by atoms with Gasteiger partial charge in [-0.2, -0.15) is 5.53 Å². The van der Waals surface area contributed by atoms with E-state index in [0.29, 0.717) is 0 Å². The van der Waals surface area contributed by atoms with Crippen molar-refractivity contribution in [3.05, 3.63) is 81.9 Å². The first-order chi connectivity index (χ1) is 11.5. The first kappa shape index (κ1) is 17.9. The van der Waals surface area contributed by atoms with Gasteiger partial charge in [0.2, 0.25) is 0 Å². The van der Waals surface area contributed by atoms with Gasteiger partial charge in [-0.1, -0.05) is 29.8 Å². The lowest BCUT2D eigenvalue weighted by Gasteiger charge is -2.04. The van der Waals surface area contributed by atoms with E-state index in [1.54, 1.807) is 7.11 Å². The lowest BCUT2D eigenvalue weighted by Crippen LogP contribution is -2.31. The van der Waals surface area contributed by atoms with Crippen LogP contribution in [-0.4, -0.2) is 7.11 Å². The number of allylic oxidation sites excluding steroid dienone is 4. The molecule has 1 heterocycles. The van der Waals surface area contributed by atoms with Gasteiger partial charge in [0.15, 0.2) is 0 Å². The molecule has 0 saturated heterocycles. The Labute approximate surface area is 144 Å². The lowest BCUT2D eigenvalue weighted by atomic mass is 10.0. The molecule has 0 radical (unpaired) electrons. The third-order valence-electron chi connectivity index (χ3n) is 4.20. The molecule has 1 aromatic carbocycles. The maximum absolute atomic E-state index is 5.18. The molecule has 0 unspecified atom stereocenters. The van der Waals surface area contributed by atoms with E-state index in [1.165, 1.54) is 22.3 Å². The summed E-state index contributed by atoms with van der Waals surface area (Å²) in [5.41, 5.74) is 16.4. The molecule has 4 nitrogen and oxygen atoms in total. The first-order valence-electron chi connectivity index (χ1n) is 8.14. The topological polar surface area (TPSA) is 45.3 Å². The second-order valence-corrected chi connectivity index (χ2v) is 6.04. The Morgan fingerprint density at radius 3 is 2.29 bits per heavy atom. The number of benzene rings is 1. The largest absolute Gasteiger partial charge is 0.501 e. The van der Waals surface area contributed by atoms with Gasteiger partial charge in [0, 0.05) is 18.2 Å². The average Bonchev–Trinajstić information content (AvgIpc) is 2.98. The molecule has 24 heavy (non-hydrogen) atoms. The van der Waals surface area contributed by atoms with Crippen LogP contribution < -0.4 is 16.4 Å². The van der Waals surface area contributed by atoms with E-state index in [-0.39, 0.29) is 0 Å². The summed E-state index contributed by atoms with van der Waals surface area (Å²) in [5.74, 6) is 0.968. The summed E-state index contributed by atoms with van der Waals surface area (Å²) < 4.78 is 5.18. The average molecular weight is 325 g/mol. The predicted molar refractivity (Wildman–Crippen MR) is 99.8 cm³/mol. The SMILES string of the molecule is COC1=CC=C(C2=CNNN2)C=CC1.Cc1cc(C)c(C)c(C)c1. The molecule has 3 rings (SSSR count). The minimum absolute atomic E-state index is 0.838. The summed E-state index contributed by atoms with van der Waals surface area (Å²) in [7, 11) is 1.69. The number of hydrogen-bond acceptors (Lipinski definition) is 4. The smallest absolute Gasteiger partial charge is 0.0993 e. The molecule has 2 aliphatic rings. The Morgan fingerprint density at radius 2 is 1.71 bits per heavy atom. The van der Waals surface area contributed by atoms with E-state index < -0.39 is 0 Å². The van der Waals surface area contributed by atoms with Crippen molar-refractivity contribution in [2.24, 2.45) is 0 Å². The highest BCUT2D eigenvalue weighted by atomic mass is 16.5. The van der Waals surface area contributed by atoms with Crippen LogP contribution in [0, 0.1) is 27.7 Å². The number of rotatable bonds is 2. The van der Waals surface area contributed by atoms with Crippen LogP contribution in [0.1, 0.15) is 28.7 Å². The van der Waals surface area contributed by atoms with Crippen LogP contribution in [0.4, 0.5) is 0 Å². The van der Waals surface area contributed by atoms with Gasteiger partial charge in [-0.05, 0) is 56.5 Å². The number of hydrogen-bond donors (Lipinski definition) is 3. The standard InChI is InChI=1S/C10H13N3O.C10H14/c1-14-9-4-2-3-8(5-6-9)10-7-11-13-12-10;1-7-5-8(2)10(4)9(3)6-7/h2-3,5-7,11-13H,4H2,1H3;5-6H,1-4H3. The predicted octanol–water partition coefficient (Wildman–Crippen LogP) is 3.78. The molecule has 1 aliphatic carbocycles. The summed E-state index contributed by atoms with van der Waals surface area (Å²) in [6.07, 6.45) is 10.9. The highest BCUT2D eigenvalue weighted by Crippen LogP contribution is 2.16. The summed E-state index contributed by atoms with van der Waals surface area (Å²) in [6.45, 7) is 8.63. The van der Waals surface area contributed by atoms with Gasteiger partial charge in [0.25, 0.3) is 0 Å². The third kappa shape index (κ3) is 4.77. The zero-order valence-electron chi connectivity index (χ0n) is 15.2. The minimum atomic E-state index is 0.838. The van der Waals surface area contributed by atoms with Crippen LogP contribution >= 0.6 is 0 Å². The first-order valence-corrected chi connectivity index (χ1v) is 8.14. The Morgan fingerprint density at radius 1 is 1.00 bits per heavy atom.